The van der Waals surface area contributed by atoms with Crippen molar-refractivity contribution < 1.29 is 4.74 Å². The molecule has 0 atom stereocenters. The van der Waals surface area contributed by atoms with E-state index < -0.39 is 0 Å². The Kier molecular flexibility index (Phi) is 5.82. The van der Waals surface area contributed by atoms with Gasteiger partial charge >= 0.3 is 0 Å². The molecular weight excluding hydrogens is 330 g/mol. The van der Waals surface area contributed by atoms with Crippen LogP contribution in [0.1, 0.15) is 32.8 Å². The van der Waals surface area contributed by atoms with Gasteiger partial charge < -0.3 is 10.1 Å². The van der Waals surface area contributed by atoms with Crippen LogP contribution in [0.3, 0.4) is 0 Å². The summed E-state index contributed by atoms with van der Waals surface area (Å²) >= 11 is 3.50. The highest BCUT2D eigenvalue weighted by Gasteiger charge is 2.08. The first-order chi connectivity index (χ1) is 10.1. The molecule has 0 fully saturated rings. The van der Waals surface area contributed by atoms with Gasteiger partial charge in [0.2, 0.25) is 0 Å². The number of nitrogens with one attached hydrogen (secondary N) is 1. The lowest BCUT2D eigenvalue weighted by Gasteiger charge is -2.13. The van der Waals surface area contributed by atoms with Gasteiger partial charge in [-0.25, -0.2) is 0 Å². The molecule has 1 heterocycles. The van der Waals surface area contributed by atoms with E-state index in [9.17, 15) is 0 Å². The van der Waals surface area contributed by atoms with Gasteiger partial charge in [-0.2, -0.15) is 5.10 Å². The number of hydrogen-bond acceptors (Lipinski definition) is 3. The summed E-state index contributed by atoms with van der Waals surface area (Å²) in [6, 6.07) is 6.54. The fraction of sp³-hybridized carbons (Fsp3) is 0.438. The van der Waals surface area contributed by atoms with E-state index >= 15 is 0 Å². The van der Waals surface area contributed by atoms with E-state index in [-0.39, 0.29) is 0 Å². The lowest BCUT2D eigenvalue weighted by Crippen LogP contribution is -2.22. The van der Waals surface area contributed by atoms with Crippen LogP contribution in [0.25, 0.3) is 0 Å². The zero-order valence-corrected chi connectivity index (χ0v) is 14.4. The lowest BCUT2D eigenvalue weighted by molar-refractivity contribution is 0.467. The summed E-state index contributed by atoms with van der Waals surface area (Å²) in [5.74, 6) is 1.63. The summed E-state index contributed by atoms with van der Waals surface area (Å²) in [6.07, 6.45) is 4.75. The number of aromatic nitrogens is 2. The normalized spacial score (nSPS) is 11.1. The summed E-state index contributed by atoms with van der Waals surface area (Å²) < 4.78 is 8.90. The van der Waals surface area contributed by atoms with Gasteiger partial charge in [-0.3, -0.25) is 4.68 Å². The number of nitrogens with zero attached hydrogens (tertiary/aromatic N) is 2. The Balaban J connectivity index is 2.14. The average Bonchev–Trinajstić information content (AvgIpc) is 2.85. The van der Waals surface area contributed by atoms with Crippen molar-refractivity contribution in [3.05, 3.63) is 40.6 Å². The van der Waals surface area contributed by atoms with Crippen LogP contribution in [0, 0.1) is 0 Å². The second kappa shape index (κ2) is 7.61. The maximum absolute atomic E-state index is 6.00. The van der Waals surface area contributed by atoms with Gasteiger partial charge in [0.1, 0.15) is 5.75 Å². The quantitative estimate of drug-likeness (QED) is 0.805. The van der Waals surface area contributed by atoms with E-state index in [1.807, 2.05) is 23.0 Å². The smallest absolute Gasteiger partial charge is 0.165 e. The van der Waals surface area contributed by atoms with Crippen molar-refractivity contribution in [3.63, 3.8) is 0 Å². The first kappa shape index (κ1) is 16.0. The Morgan fingerprint density at radius 3 is 2.90 bits per heavy atom. The molecule has 5 heteroatoms. The molecule has 1 N–H and O–H groups in total. The van der Waals surface area contributed by atoms with Gasteiger partial charge in [0.15, 0.2) is 5.75 Å². The predicted molar refractivity (Wildman–Crippen MR) is 88.7 cm³/mol. The number of benzene rings is 1. The van der Waals surface area contributed by atoms with Crippen molar-refractivity contribution in [2.45, 2.75) is 46.3 Å². The SMILES string of the molecule is CCCn1cc(Oc2cc(Br)ccc2CNC(C)C)cn1. The van der Waals surface area contributed by atoms with Gasteiger partial charge in [-0.1, -0.05) is 42.8 Å². The van der Waals surface area contributed by atoms with Crippen molar-refractivity contribution in [3.8, 4) is 11.5 Å². The second-order valence-electron chi connectivity index (χ2n) is 5.33. The van der Waals surface area contributed by atoms with E-state index in [0.717, 1.165) is 41.0 Å². The van der Waals surface area contributed by atoms with Gasteiger partial charge in [0.25, 0.3) is 0 Å². The highest BCUT2D eigenvalue weighted by atomic mass is 79.9. The Morgan fingerprint density at radius 2 is 2.19 bits per heavy atom. The molecule has 1 aromatic heterocycles. The largest absolute Gasteiger partial charge is 0.454 e. The first-order valence-corrected chi connectivity index (χ1v) is 8.10. The number of hydrogen-bond donors (Lipinski definition) is 1. The molecule has 0 unspecified atom stereocenters. The molecule has 0 amide bonds. The summed E-state index contributed by atoms with van der Waals surface area (Å²) in [5, 5.41) is 7.71. The van der Waals surface area contributed by atoms with Crippen LogP contribution in [0.2, 0.25) is 0 Å². The Morgan fingerprint density at radius 1 is 1.38 bits per heavy atom. The molecule has 0 aliphatic heterocycles. The minimum absolute atomic E-state index is 0.439. The zero-order chi connectivity index (χ0) is 15.2. The van der Waals surface area contributed by atoms with Crippen LogP contribution in [-0.4, -0.2) is 15.8 Å². The molecule has 0 aliphatic rings. The van der Waals surface area contributed by atoms with Crippen molar-refractivity contribution in [2.24, 2.45) is 0 Å². The van der Waals surface area contributed by atoms with Crippen molar-refractivity contribution in [2.75, 3.05) is 0 Å². The zero-order valence-electron chi connectivity index (χ0n) is 12.8. The summed E-state index contributed by atoms with van der Waals surface area (Å²) in [4.78, 5) is 0. The van der Waals surface area contributed by atoms with Crippen molar-refractivity contribution in [1.29, 1.82) is 0 Å². The third-order valence-electron chi connectivity index (χ3n) is 3.02. The van der Waals surface area contributed by atoms with Crippen LogP contribution >= 0.6 is 15.9 Å². The summed E-state index contributed by atoms with van der Waals surface area (Å²) in [5.41, 5.74) is 1.13. The van der Waals surface area contributed by atoms with Crippen molar-refractivity contribution in [1.82, 2.24) is 15.1 Å². The fourth-order valence-electron chi connectivity index (χ4n) is 1.96. The molecule has 4 nitrogen and oxygen atoms in total. The molecule has 114 valence electrons. The predicted octanol–water partition coefficient (Wildman–Crippen LogP) is 4.35. The first-order valence-electron chi connectivity index (χ1n) is 7.30. The van der Waals surface area contributed by atoms with E-state index in [0.29, 0.717) is 6.04 Å². The highest BCUT2D eigenvalue weighted by Crippen LogP contribution is 2.28. The van der Waals surface area contributed by atoms with Crippen molar-refractivity contribution >= 4 is 15.9 Å². The van der Waals surface area contributed by atoms with Crippen LogP contribution in [0.4, 0.5) is 0 Å². The van der Waals surface area contributed by atoms with Crippen LogP contribution in [0.15, 0.2) is 35.1 Å². The Labute approximate surface area is 134 Å². The van der Waals surface area contributed by atoms with Gasteiger partial charge in [-0.05, 0) is 18.6 Å². The average molecular weight is 352 g/mol. The monoisotopic (exact) mass is 351 g/mol. The number of ether oxygens (including phenoxy) is 1. The molecule has 2 rings (SSSR count). The molecule has 0 radical (unpaired) electrons. The summed E-state index contributed by atoms with van der Waals surface area (Å²) in [7, 11) is 0. The molecule has 0 aliphatic carbocycles. The second-order valence-corrected chi connectivity index (χ2v) is 6.24. The number of rotatable bonds is 7. The van der Waals surface area contributed by atoms with E-state index in [2.05, 4.69) is 53.2 Å². The van der Waals surface area contributed by atoms with E-state index in [1.165, 1.54) is 0 Å². The molecule has 0 saturated carbocycles. The molecule has 0 spiro atoms. The van der Waals surface area contributed by atoms with Gasteiger partial charge in [0.05, 0.1) is 12.4 Å². The minimum Gasteiger partial charge on any atom is -0.454 e. The Hall–Kier alpha value is -1.33. The molecule has 2 aromatic rings. The van der Waals surface area contributed by atoms with Crippen LogP contribution in [-0.2, 0) is 13.1 Å². The molecular formula is C16H22BrN3O. The number of aryl methyl sites for hydroxylation is 1. The Bertz CT molecular complexity index is 581. The third-order valence-corrected chi connectivity index (χ3v) is 3.51. The van der Waals surface area contributed by atoms with Crippen LogP contribution < -0.4 is 10.1 Å². The molecule has 21 heavy (non-hydrogen) atoms. The molecule has 0 bridgehead atoms. The van der Waals surface area contributed by atoms with E-state index in [4.69, 9.17) is 4.74 Å². The lowest BCUT2D eigenvalue weighted by atomic mass is 10.2. The molecule has 1 aromatic carbocycles. The number of halogens is 1. The van der Waals surface area contributed by atoms with Crippen LogP contribution in [0.5, 0.6) is 11.5 Å². The minimum atomic E-state index is 0.439. The van der Waals surface area contributed by atoms with E-state index in [1.54, 1.807) is 6.20 Å². The standard InChI is InChI=1S/C16H22BrN3O/c1-4-7-20-11-15(10-19-20)21-16-8-14(17)6-5-13(16)9-18-12(2)3/h5-6,8,10-12,18H,4,7,9H2,1-3H3. The maximum Gasteiger partial charge on any atom is 0.165 e. The van der Waals surface area contributed by atoms with Gasteiger partial charge in [-0.15, -0.1) is 0 Å². The fourth-order valence-corrected chi connectivity index (χ4v) is 2.30. The summed E-state index contributed by atoms with van der Waals surface area (Å²) in [6.45, 7) is 8.08. The van der Waals surface area contributed by atoms with Gasteiger partial charge in [0, 0.05) is 29.2 Å². The maximum atomic E-state index is 6.00. The third kappa shape index (κ3) is 4.86. The topological polar surface area (TPSA) is 39.1 Å². The highest BCUT2D eigenvalue weighted by molar-refractivity contribution is 9.10. The molecule has 0 saturated heterocycles.